The van der Waals surface area contributed by atoms with E-state index in [1.807, 2.05) is 26.0 Å². The number of hydrogen-bond donors (Lipinski definition) is 2. The Bertz CT molecular complexity index is 506. The third kappa shape index (κ3) is 5.64. The first kappa shape index (κ1) is 19.0. The Kier molecular flexibility index (Phi) is 7.95. The monoisotopic (exact) mass is 418 g/mol. The molecule has 1 atom stereocenters. The summed E-state index contributed by atoms with van der Waals surface area (Å²) in [5.41, 5.74) is 6.93. The van der Waals surface area contributed by atoms with E-state index in [4.69, 9.17) is 10.2 Å². The summed E-state index contributed by atoms with van der Waals surface area (Å²) in [6.45, 7) is 11.2. The fourth-order valence-electron chi connectivity index (χ4n) is 2.55. The Morgan fingerprint density at radius 3 is 2.68 bits per heavy atom. The molecule has 0 spiro atoms. The van der Waals surface area contributed by atoms with Crippen LogP contribution >= 0.6 is 24.0 Å². The van der Waals surface area contributed by atoms with E-state index >= 15 is 0 Å². The van der Waals surface area contributed by atoms with E-state index in [1.54, 1.807) is 0 Å². The summed E-state index contributed by atoms with van der Waals surface area (Å²) >= 11 is 0. The van der Waals surface area contributed by atoms with Crippen molar-refractivity contribution in [1.82, 2.24) is 10.2 Å². The van der Waals surface area contributed by atoms with E-state index in [-0.39, 0.29) is 30.0 Å². The highest BCUT2D eigenvalue weighted by molar-refractivity contribution is 14.0. The molecule has 3 N–H and O–H groups in total. The van der Waals surface area contributed by atoms with Gasteiger partial charge >= 0.3 is 0 Å². The van der Waals surface area contributed by atoms with Crippen LogP contribution < -0.4 is 11.1 Å². The number of furan rings is 1. The van der Waals surface area contributed by atoms with Gasteiger partial charge in [0.1, 0.15) is 11.5 Å². The standard InChI is InChI=1S/C16H26N4O.HI/c1-12(2)10-18-16(17)19-11-14(20-8-4-5-9-20)15-7-6-13(3)21-15;/h6-7,14H,1,4-5,8-11H2,2-3H3,(H3,17,18,19);1H. The highest BCUT2D eigenvalue weighted by Crippen LogP contribution is 2.26. The third-order valence-corrected chi connectivity index (χ3v) is 3.68. The van der Waals surface area contributed by atoms with Crippen molar-refractivity contribution < 1.29 is 4.42 Å². The van der Waals surface area contributed by atoms with Crippen LogP contribution in [-0.4, -0.2) is 37.0 Å². The first-order valence-electron chi connectivity index (χ1n) is 7.55. The summed E-state index contributed by atoms with van der Waals surface area (Å²) in [6, 6.07) is 4.22. The average molecular weight is 418 g/mol. The lowest BCUT2D eigenvalue weighted by molar-refractivity contribution is 0.219. The van der Waals surface area contributed by atoms with Gasteiger partial charge in [-0.3, -0.25) is 9.89 Å². The Morgan fingerprint density at radius 2 is 2.14 bits per heavy atom. The van der Waals surface area contributed by atoms with Gasteiger partial charge in [0, 0.05) is 6.54 Å². The molecule has 22 heavy (non-hydrogen) atoms. The topological polar surface area (TPSA) is 66.8 Å². The van der Waals surface area contributed by atoms with Crippen molar-refractivity contribution in [2.45, 2.75) is 32.7 Å². The van der Waals surface area contributed by atoms with Crippen LogP contribution in [0.5, 0.6) is 0 Å². The molecule has 124 valence electrons. The van der Waals surface area contributed by atoms with Crippen molar-refractivity contribution in [2.75, 3.05) is 26.2 Å². The van der Waals surface area contributed by atoms with Crippen LogP contribution in [0, 0.1) is 6.92 Å². The minimum Gasteiger partial charge on any atom is -0.465 e. The zero-order valence-electron chi connectivity index (χ0n) is 13.5. The number of nitrogens with one attached hydrogen (secondary N) is 1. The highest BCUT2D eigenvalue weighted by Gasteiger charge is 2.25. The molecule has 0 aliphatic carbocycles. The van der Waals surface area contributed by atoms with Crippen LogP contribution in [0.3, 0.4) is 0 Å². The minimum absolute atomic E-state index is 0. The maximum Gasteiger partial charge on any atom is 0.188 e. The number of halogens is 1. The van der Waals surface area contributed by atoms with Crippen LogP contribution in [0.25, 0.3) is 0 Å². The van der Waals surface area contributed by atoms with Crippen molar-refractivity contribution in [2.24, 2.45) is 10.7 Å². The summed E-state index contributed by atoms with van der Waals surface area (Å²) in [5.74, 6) is 2.38. The van der Waals surface area contributed by atoms with Gasteiger partial charge in [0.25, 0.3) is 0 Å². The maximum atomic E-state index is 5.90. The zero-order valence-corrected chi connectivity index (χ0v) is 15.8. The van der Waals surface area contributed by atoms with Crippen molar-refractivity contribution in [3.8, 4) is 0 Å². The lowest BCUT2D eigenvalue weighted by Gasteiger charge is -2.24. The number of aliphatic imine (C=N–C) groups is 1. The first-order chi connectivity index (χ1) is 10.1. The fraction of sp³-hybridized carbons (Fsp3) is 0.562. The van der Waals surface area contributed by atoms with Gasteiger partial charge in [0.05, 0.1) is 12.6 Å². The lowest BCUT2D eigenvalue weighted by atomic mass is 10.2. The van der Waals surface area contributed by atoms with E-state index in [0.29, 0.717) is 19.0 Å². The van der Waals surface area contributed by atoms with E-state index in [1.165, 1.54) is 12.8 Å². The minimum atomic E-state index is 0. The predicted octanol–water partition coefficient (Wildman–Crippen LogP) is 2.82. The normalized spacial score (nSPS) is 17.1. The first-order valence-corrected chi connectivity index (χ1v) is 7.55. The van der Waals surface area contributed by atoms with Crippen LogP contribution in [0.4, 0.5) is 0 Å². The van der Waals surface area contributed by atoms with Crippen molar-refractivity contribution in [3.05, 3.63) is 35.8 Å². The lowest BCUT2D eigenvalue weighted by Crippen LogP contribution is -2.34. The number of nitrogens with zero attached hydrogens (tertiary/aromatic N) is 2. The molecule has 5 nitrogen and oxygen atoms in total. The fourth-order valence-corrected chi connectivity index (χ4v) is 2.55. The highest BCUT2D eigenvalue weighted by atomic mass is 127. The SMILES string of the molecule is C=C(C)CNC(N)=NCC(c1ccc(C)o1)N1CCCC1.I. The molecular weight excluding hydrogens is 391 g/mol. The number of aryl methyl sites for hydroxylation is 1. The van der Waals surface area contributed by atoms with E-state index in [2.05, 4.69) is 21.8 Å². The van der Waals surface area contributed by atoms with Crippen molar-refractivity contribution in [3.63, 3.8) is 0 Å². The molecule has 0 aromatic carbocycles. The van der Waals surface area contributed by atoms with Crippen LogP contribution in [0.2, 0.25) is 0 Å². The Hall–Kier alpha value is -1.02. The largest absolute Gasteiger partial charge is 0.465 e. The number of likely N-dealkylation sites (tertiary alicyclic amines) is 1. The summed E-state index contributed by atoms with van der Waals surface area (Å²) < 4.78 is 5.80. The quantitative estimate of drug-likeness (QED) is 0.323. The number of nitrogens with two attached hydrogens (primary N) is 1. The Balaban J connectivity index is 0.00000242. The maximum absolute atomic E-state index is 5.90. The van der Waals surface area contributed by atoms with Gasteiger partial charge < -0.3 is 15.5 Å². The van der Waals surface area contributed by atoms with Crippen LogP contribution in [-0.2, 0) is 0 Å². The molecule has 1 aliphatic rings. The van der Waals surface area contributed by atoms with E-state index < -0.39 is 0 Å². The van der Waals surface area contributed by atoms with Crippen molar-refractivity contribution in [1.29, 1.82) is 0 Å². The van der Waals surface area contributed by atoms with Crippen LogP contribution in [0.1, 0.15) is 37.3 Å². The molecule has 1 aromatic heterocycles. The second kappa shape index (κ2) is 9.19. The smallest absolute Gasteiger partial charge is 0.188 e. The molecule has 2 rings (SSSR count). The second-order valence-corrected chi connectivity index (χ2v) is 5.74. The molecule has 1 fully saturated rings. The summed E-state index contributed by atoms with van der Waals surface area (Å²) in [7, 11) is 0. The van der Waals surface area contributed by atoms with Gasteiger partial charge in [-0.2, -0.15) is 0 Å². The van der Waals surface area contributed by atoms with Crippen LogP contribution in [0.15, 0.2) is 33.7 Å². The van der Waals surface area contributed by atoms with Gasteiger partial charge in [-0.05, 0) is 51.9 Å². The summed E-state index contributed by atoms with van der Waals surface area (Å²) in [6.07, 6.45) is 2.48. The Morgan fingerprint density at radius 1 is 1.45 bits per heavy atom. The van der Waals surface area contributed by atoms with Gasteiger partial charge in [-0.15, -0.1) is 24.0 Å². The summed E-state index contributed by atoms with van der Waals surface area (Å²) in [5, 5.41) is 3.06. The Labute approximate surface area is 150 Å². The van der Waals surface area contributed by atoms with Gasteiger partial charge in [0.15, 0.2) is 5.96 Å². The van der Waals surface area contributed by atoms with Crippen molar-refractivity contribution >= 4 is 29.9 Å². The molecule has 1 unspecified atom stereocenters. The summed E-state index contributed by atoms with van der Waals surface area (Å²) in [4.78, 5) is 6.89. The average Bonchev–Trinajstić information content (AvgIpc) is 3.09. The number of rotatable bonds is 6. The third-order valence-electron chi connectivity index (χ3n) is 3.68. The molecule has 0 radical (unpaired) electrons. The van der Waals surface area contributed by atoms with E-state index in [0.717, 1.165) is 30.2 Å². The number of guanidine groups is 1. The zero-order chi connectivity index (χ0) is 15.2. The molecular formula is C16H27IN4O. The number of hydrogen-bond acceptors (Lipinski definition) is 3. The molecule has 1 saturated heterocycles. The molecule has 1 aromatic rings. The molecule has 2 heterocycles. The second-order valence-electron chi connectivity index (χ2n) is 5.74. The van der Waals surface area contributed by atoms with Gasteiger partial charge in [-0.1, -0.05) is 12.2 Å². The molecule has 6 heteroatoms. The molecule has 1 aliphatic heterocycles. The van der Waals surface area contributed by atoms with Gasteiger partial charge in [-0.25, -0.2) is 0 Å². The molecule has 0 bridgehead atoms. The van der Waals surface area contributed by atoms with Gasteiger partial charge in [0.2, 0.25) is 0 Å². The molecule has 0 saturated carbocycles. The van der Waals surface area contributed by atoms with E-state index in [9.17, 15) is 0 Å². The molecule has 0 amide bonds. The predicted molar refractivity (Wildman–Crippen MR) is 102 cm³/mol.